The molecule has 2 atom stereocenters. The van der Waals surface area contributed by atoms with Crippen LogP contribution in [0.25, 0.3) is 11.0 Å². The van der Waals surface area contributed by atoms with Gasteiger partial charge in [-0.15, -0.1) is 0 Å². The van der Waals surface area contributed by atoms with Crippen molar-refractivity contribution >= 4 is 16.9 Å². The number of hydrogen-bond donors (Lipinski definition) is 2. The third kappa shape index (κ3) is 3.70. The lowest BCUT2D eigenvalue weighted by Crippen LogP contribution is -2.48. The van der Waals surface area contributed by atoms with Gasteiger partial charge in [0.15, 0.2) is 0 Å². The Morgan fingerprint density at radius 1 is 1.28 bits per heavy atom. The van der Waals surface area contributed by atoms with E-state index in [2.05, 4.69) is 29.8 Å². The fourth-order valence-corrected chi connectivity index (χ4v) is 3.57. The molecule has 3 N–H and O–H groups in total. The zero-order valence-electron chi connectivity index (χ0n) is 15.2. The predicted octanol–water partition coefficient (Wildman–Crippen LogP) is 2.55. The Balaban J connectivity index is 1.78. The zero-order valence-corrected chi connectivity index (χ0v) is 15.2. The Kier molecular flexibility index (Phi) is 5.39. The average molecular weight is 344 g/mol. The van der Waals surface area contributed by atoms with E-state index in [1.807, 2.05) is 25.1 Å². The van der Waals surface area contributed by atoms with Crippen molar-refractivity contribution in [1.29, 1.82) is 0 Å². The van der Waals surface area contributed by atoms with Gasteiger partial charge in [0.05, 0.1) is 23.1 Å². The van der Waals surface area contributed by atoms with E-state index in [1.165, 1.54) is 0 Å². The first-order valence-electron chi connectivity index (χ1n) is 9.09. The zero-order chi connectivity index (χ0) is 18.0. The number of imidazole rings is 1. The van der Waals surface area contributed by atoms with Gasteiger partial charge in [0.1, 0.15) is 5.82 Å². The van der Waals surface area contributed by atoms with E-state index in [0.717, 1.165) is 29.7 Å². The van der Waals surface area contributed by atoms with E-state index in [-0.39, 0.29) is 23.9 Å². The molecule has 1 saturated heterocycles. The van der Waals surface area contributed by atoms with Crippen LogP contribution in [0, 0.1) is 5.92 Å². The molecule has 0 aliphatic carbocycles. The molecule has 2 heterocycles. The fraction of sp³-hybridized carbons (Fsp3) is 0.579. The average Bonchev–Trinajstić information content (AvgIpc) is 3.01. The summed E-state index contributed by atoms with van der Waals surface area (Å²) in [7, 11) is 0. The number of nitrogens with two attached hydrogens (primary N) is 1. The van der Waals surface area contributed by atoms with Crippen molar-refractivity contribution < 1.29 is 9.53 Å². The number of nitrogens with one attached hydrogen (secondary N) is 1. The number of hydrogen-bond acceptors (Lipinski definition) is 4. The fourth-order valence-electron chi connectivity index (χ4n) is 3.57. The molecule has 1 aliphatic rings. The number of rotatable bonds is 5. The minimum Gasteiger partial charge on any atom is -0.381 e. The van der Waals surface area contributed by atoms with Crippen LogP contribution in [0.3, 0.4) is 0 Å². The van der Waals surface area contributed by atoms with Crippen LogP contribution < -0.4 is 11.1 Å². The predicted molar refractivity (Wildman–Crippen MR) is 98.2 cm³/mol. The smallest absolute Gasteiger partial charge is 0.237 e. The molecule has 1 aliphatic heterocycles. The molecule has 6 nitrogen and oxygen atoms in total. The topological polar surface area (TPSA) is 82.2 Å². The number of fused-ring (bicyclic) bond motifs is 1. The second kappa shape index (κ2) is 7.54. The Morgan fingerprint density at radius 2 is 1.96 bits per heavy atom. The van der Waals surface area contributed by atoms with Gasteiger partial charge < -0.3 is 20.4 Å². The molecule has 0 radical (unpaired) electrons. The van der Waals surface area contributed by atoms with Gasteiger partial charge in [-0.3, -0.25) is 4.79 Å². The lowest BCUT2D eigenvalue weighted by Gasteiger charge is -2.28. The monoisotopic (exact) mass is 344 g/mol. The van der Waals surface area contributed by atoms with Crippen LogP contribution in [0.4, 0.5) is 0 Å². The third-order valence-corrected chi connectivity index (χ3v) is 4.96. The number of nitrogens with zero attached hydrogens (tertiary/aromatic N) is 2. The molecule has 1 aromatic heterocycles. The van der Waals surface area contributed by atoms with E-state index in [4.69, 9.17) is 15.5 Å². The van der Waals surface area contributed by atoms with E-state index in [0.29, 0.717) is 13.2 Å². The van der Waals surface area contributed by atoms with Crippen LogP contribution >= 0.6 is 0 Å². The Morgan fingerprint density at radius 3 is 2.64 bits per heavy atom. The highest BCUT2D eigenvalue weighted by atomic mass is 16.5. The summed E-state index contributed by atoms with van der Waals surface area (Å²) in [6.07, 6.45) is 1.68. The molecule has 3 rings (SSSR count). The van der Waals surface area contributed by atoms with E-state index in [9.17, 15) is 4.79 Å². The van der Waals surface area contributed by atoms with Crippen molar-refractivity contribution in [2.75, 3.05) is 13.2 Å². The van der Waals surface area contributed by atoms with E-state index < -0.39 is 6.04 Å². The SMILES string of the molecule is CC(NC(=O)C(N)C1CCOCC1)c1nc2ccccc2n1C(C)C. The van der Waals surface area contributed by atoms with Crippen molar-refractivity contribution in [2.45, 2.75) is 51.7 Å². The summed E-state index contributed by atoms with van der Waals surface area (Å²) in [5.41, 5.74) is 8.23. The minimum absolute atomic E-state index is 0.109. The number of ether oxygens (including phenoxy) is 1. The van der Waals surface area contributed by atoms with Gasteiger partial charge in [-0.25, -0.2) is 4.98 Å². The molecule has 1 fully saturated rings. The molecule has 6 heteroatoms. The Bertz CT molecular complexity index is 734. The maximum absolute atomic E-state index is 12.6. The summed E-state index contributed by atoms with van der Waals surface area (Å²) in [5, 5.41) is 3.06. The Labute approximate surface area is 148 Å². The molecular weight excluding hydrogens is 316 g/mol. The maximum Gasteiger partial charge on any atom is 0.237 e. The van der Waals surface area contributed by atoms with Crippen molar-refractivity contribution in [3.05, 3.63) is 30.1 Å². The molecule has 1 aromatic carbocycles. The minimum atomic E-state index is -0.497. The van der Waals surface area contributed by atoms with Crippen LogP contribution in [0.1, 0.15) is 51.5 Å². The quantitative estimate of drug-likeness (QED) is 0.873. The molecule has 2 unspecified atom stereocenters. The highest BCUT2D eigenvalue weighted by Crippen LogP contribution is 2.25. The summed E-state index contributed by atoms with van der Waals surface area (Å²) in [6.45, 7) is 7.59. The highest BCUT2D eigenvalue weighted by Gasteiger charge is 2.28. The van der Waals surface area contributed by atoms with Crippen molar-refractivity contribution in [1.82, 2.24) is 14.9 Å². The summed E-state index contributed by atoms with van der Waals surface area (Å²) < 4.78 is 7.54. The van der Waals surface area contributed by atoms with Crippen LogP contribution in [0.5, 0.6) is 0 Å². The number of aromatic nitrogens is 2. The molecule has 0 spiro atoms. The summed E-state index contributed by atoms with van der Waals surface area (Å²) in [6, 6.07) is 7.61. The molecule has 1 amide bonds. The number of benzene rings is 1. The van der Waals surface area contributed by atoms with Crippen molar-refractivity contribution in [3.8, 4) is 0 Å². The van der Waals surface area contributed by atoms with Crippen molar-refractivity contribution in [3.63, 3.8) is 0 Å². The van der Waals surface area contributed by atoms with Gasteiger partial charge in [0.25, 0.3) is 0 Å². The summed E-state index contributed by atoms with van der Waals surface area (Å²) >= 11 is 0. The molecule has 0 bridgehead atoms. The lowest BCUT2D eigenvalue weighted by molar-refractivity contribution is -0.125. The third-order valence-electron chi connectivity index (χ3n) is 4.96. The summed E-state index contributed by atoms with van der Waals surface area (Å²) in [4.78, 5) is 17.4. The lowest BCUT2D eigenvalue weighted by atomic mass is 9.91. The molecule has 0 saturated carbocycles. The Hall–Kier alpha value is -1.92. The maximum atomic E-state index is 12.6. The second-order valence-electron chi connectivity index (χ2n) is 7.13. The van der Waals surface area contributed by atoms with Gasteiger partial charge in [-0.1, -0.05) is 12.1 Å². The normalized spacial score (nSPS) is 18.4. The number of para-hydroxylation sites is 2. The van der Waals surface area contributed by atoms with Crippen LogP contribution in [0.15, 0.2) is 24.3 Å². The van der Waals surface area contributed by atoms with Crippen LogP contribution in [-0.4, -0.2) is 34.7 Å². The first-order valence-corrected chi connectivity index (χ1v) is 9.09. The number of carbonyl (C=O) groups is 1. The van der Waals surface area contributed by atoms with Gasteiger partial charge in [-0.2, -0.15) is 0 Å². The standard InChI is InChI=1S/C19H28N4O2/c1-12(2)23-16-7-5-4-6-15(16)22-18(23)13(3)21-19(24)17(20)14-8-10-25-11-9-14/h4-7,12-14,17H,8-11,20H2,1-3H3,(H,21,24). The van der Waals surface area contributed by atoms with Crippen LogP contribution in [-0.2, 0) is 9.53 Å². The van der Waals surface area contributed by atoms with Gasteiger partial charge >= 0.3 is 0 Å². The molecule has 2 aromatic rings. The highest BCUT2D eigenvalue weighted by molar-refractivity contribution is 5.82. The molecule has 25 heavy (non-hydrogen) atoms. The summed E-state index contributed by atoms with van der Waals surface area (Å²) in [5.74, 6) is 0.940. The van der Waals surface area contributed by atoms with E-state index >= 15 is 0 Å². The van der Waals surface area contributed by atoms with Crippen LogP contribution in [0.2, 0.25) is 0 Å². The van der Waals surface area contributed by atoms with E-state index in [1.54, 1.807) is 0 Å². The number of carbonyl (C=O) groups excluding carboxylic acids is 1. The molecule has 136 valence electrons. The molecular formula is C19H28N4O2. The van der Waals surface area contributed by atoms with Crippen molar-refractivity contribution in [2.24, 2.45) is 11.7 Å². The second-order valence-corrected chi connectivity index (χ2v) is 7.13. The largest absolute Gasteiger partial charge is 0.381 e. The van der Waals surface area contributed by atoms with Gasteiger partial charge in [0, 0.05) is 19.3 Å². The van der Waals surface area contributed by atoms with Gasteiger partial charge in [0.2, 0.25) is 5.91 Å². The number of amides is 1. The first kappa shape index (κ1) is 17.9. The van der Waals surface area contributed by atoms with Gasteiger partial charge in [-0.05, 0) is 51.7 Å². The first-order chi connectivity index (χ1) is 12.0.